The summed E-state index contributed by atoms with van der Waals surface area (Å²) < 4.78 is 47.4. The Kier molecular flexibility index (Phi) is 11.2. The summed E-state index contributed by atoms with van der Waals surface area (Å²) in [7, 11) is 0.431. The van der Waals surface area contributed by atoms with Crippen molar-refractivity contribution in [3.8, 4) is 11.5 Å². The van der Waals surface area contributed by atoms with Crippen molar-refractivity contribution in [3.05, 3.63) is 101 Å². The zero-order valence-electron chi connectivity index (χ0n) is 31.5. The maximum Gasteiger partial charge on any atom is 0.224 e. The van der Waals surface area contributed by atoms with Crippen LogP contribution in [0.15, 0.2) is 73.1 Å². The van der Waals surface area contributed by atoms with Crippen LogP contribution in [-0.2, 0) is 38.8 Å². The van der Waals surface area contributed by atoms with Gasteiger partial charge in [-0.1, -0.05) is 44.2 Å². The van der Waals surface area contributed by atoms with Crippen LogP contribution in [-0.4, -0.2) is 75.8 Å². The second-order valence-corrected chi connectivity index (χ2v) is 16.5. The van der Waals surface area contributed by atoms with E-state index in [9.17, 15) is 8.42 Å². The number of pyridine rings is 1. The zero-order chi connectivity index (χ0) is 37.8. The molecule has 13 heteroatoms. The topological polar surface area (TPSA) is 137 Å². The van der Waals surface area contributed by atoms with Gasteiger partial charge in [-0.05, 0) is 71.2 Å². The van der Waals surface area contributed by atoms with Gasteiger partial charge < -0.3 is 34.5 Å². The molecule has 2 aromatic heterocycles. The van der Waals surface area contributed by atoms with E-state index in [2.05, 4.69) is 58.6 Å². The monoisotopic (exact) mass is 752 g/mol. The summed E-state index contributed by atoms with van der Waals surface area (Å²) in [5.41, 5.74) is 6.18. The van der Waals surface area contributed by atoms with Crippen LogP contribution in [0.3, 0.4) is 0 Å². The number of hydrogen-bond donors (Lipinski definition) is 2. The molecule has 0 unspecified atom stereocenters. The third kappa shape index (κ3) is 8.53. The van der Waals surface area contributed by atoms with Gasteiger partial charge in [-0.25, -0.2) is 18.4 Å². The van der Waals surface area contributed by atoms with E-state index in [-0.39, 0.29) is 17.6 Å². The molecule has 0 aliphatic carbocycles. The van der Waals surface area contributed by atoms with Gasteiger partial charge in [0, 0.05) is 61.3 Å². The number of ether oxygens (including phenoxy) is 4. The first-order valence-electron chi connectivity index (χ1n) is 18.3. The fourth-order valence-electron chi connectivity index (χ4n) is 7.21. The molecule has 2 aliphatic heterocycles. The summed E-state index contributed by atoms with van der Waals surface area (Å²) in [4.78, 5) is 16.5. The smallest absolute Gasteiger partial charge is 0.224 e. The van der Waals surface area contributed by atoms with E-state index in [0.717, 1.165) is 50.2 Å². The van der Waals surface area contributed by atoms with Crippen LogP contribution in [0.2, 0.25) is 0 Å². The lowest BCUT2D eigenvalue weighted by Crippen LogP contribution is -2.49. The minimum Gasteiger partial charge on any atom is -0.497 e. The van der Waals surface area contributed by atoms with E-state index in [1.165, 1.54) is 11.8 Å². The molecule has 0 saturated carbocycles. The Morgan fingerprint density at radius 3 is 2.41 bits per heavy atom. The molecule has 54 heavy (non-hydrogen) atoms. The lowest BCUT2D eigenvalue weighted by atomic mass is 9.93. The SMILES string of the molecule is CNc1ncc(CCc2cccc(OCc3ccc(OC)cc3)c2C2OCCO2)c(Nc2cc3c(C(C)C)ccc(N4CC(CS(C)(=O)=O)C4)c3cn2)n1. The number of methoxy groups -OCH3 is 1. The summed E-state index contributed by atoms with van der Waals surface area (Å²) in [6, 6.07) is 20.3. The first-order valence-corrected chi connectivity index (χ1v) is 20.4. The number of nitrogens with one attached hydrogen (secondary N) is 2. The maximum absolute atomic E-state index is 11.9. The van der Waals surface area contributed by atoms with Gasteiger partial charge in [-0.15, -0.1) is 0 Å². The van der Waals surface area contributed by atoms with Crippen LogP contribution in [0.5, 0.6) is 11.5 Å². The van der Waals surface area contributed by atoms with Gasteiger partial charge in [0.05, 0.1) is 31.6 Å². The number of rotatable bonds is 15. The van der Waals surface area contributed by atoms with Crippen molar-refractivity contribution in [2.75, 3.05) is 68.0 Å². The van der Waals surface area contributed by atoms with Crippen molar-refractivity contribution >= 4 is 43.9 Å². The molecule has 3 aromatic carbocycles. The molecule has 2 saturated heterocycles. The fourth-order valence-corrected chi connectivity index (χ4v) is 8.28. The quantitative estimate of drug-likeness (QED) is 0.116. The molecule has 2 aliphatic rings. The van der Waals surface area contributed by atoms with E-state index in [1.54, 1.807) is 14.2 Å². The molecule has 2 N–H and O–H groups in total. The number of fused-ring (bicyclic) bond motifs is 1. The number of anilines is 4. The Morgan fingerprint density at radius 2 is 1.70 bits per heavy atom. The van der Waals surface area contributed by atoms with Crippen molar-refractivity contribution in [3.63, 3.8) is 0 Å². The van der Waals surface area contributed by atoms with Crippen LogP contribution in [0.4, 0.5) is 23.3 Å². The Balaban J connectivity index is 1.14. The number of benzene rings is 3. The number of aromatic nitrogens is 3. The molecular formula is C41H48N6O6S. The molecule has 4 heterocycles. The normalized spacial score (nSPS) is 15.1. The first kappa shape index (κ1) is 37.3. The van der Waals surface area contributed by atoms with E-state index >= 15 is 0 Å². The number of hydrogen-bond acceptors (Lipinski definition) is 12. The van der Waals surface area contributed by atoms with Crippen molar-refractivity contribution < 1.29 is 27.4 Å². The Morgan fingerprint density at radius 1 is 0.944 bits per heavy atom. The van der Waals surface area contributed by atoms with Crippen LogP contribution in [0.1, 0.15) is 53.9 Å². The van der Waals surface area contributed by atoms with Gasteiger partial charge in [0.25, 0.3) is 0 Å². The molecular weight excluding hydrogens is 705 g/mol. The van der Waals surface area contributed by atoms with Crippen molar-refractivity contribution in [1.29, 1.82) is 0 Å². The van der Waals surface area contributed by atoms with Crippen LogP contribution in [0.25, 0.3) is 10.8 Å². The van der Waals surface area contributed by atoms with Crippen molar-refractivity contribution in [1.82, 2.24) is 15.0 Å². The second kappa shape index (κ2) is 16.2. The van der Waals surface area contributed by atoms with E-state index in [4.69, 9.17) is 28.9 Å². The van der Waals surface area contributed by atoms with Crippen LogP contribution >= 0.6 is 0 Å². The Bertz CT molecular complexity index is 2200. The highest BCUT2D eigenvalue weighted by molar-refractivity contribution is 7.90. The summed E-state index contributed by atoms with van der Waals surface area (Å²) in [5, 5.41) is 8.72. The van der Waals surface area contributed by atoms with E-state index in [1.807, 2.05) is 48.8 Å². The molecule has 284 valence electrons. The van der Waals surface area contributed by atoms with Gasteiger partial charge in [0.1, 0.15) is 39.6 Å². The maximum atomic E-state index is 11.9. The molecule has 2 fully saturated rings. The lowest BCUT2D eigenvalue weighted by molar-refractivity contribution is -0.0465. The highest BCUT2D eigenvalue weighted by Gasteiger charge is 2.31. The lowest BCUT2D eigenvalue weighted by Gasteiger charge is -2.41. The summed E-state index contributed by atoms with van der Waals surface area (Å²) in [5.74, 6) is 3.98. The number of aryl methyl sites for hydroxylation is 2. The largest absolute Gasteiger partial charge is 0.497 e. The van der Waals surface area contributed by atoms with E-state index in [0.29, 0.717) is 63.3 Å². The van der Waals surface area contributed by atoms with Gasteiger partial charge in [-0.2, -0.15) is 4.98 Å². The van der Waals surface area contributed by atoms with Gasteiger partial charge in [0.15, 0.2) is 6.29 Å². The third-order valence-corrected chi connectivity index (χ3v) is 11.0. The van der Waals surface area contributed by atoms with Crippen LogP contribution in [0, 0.1) is 5.92 Å². The highest BCUT2D eigenvalue weighted by atomic mass is 32.2. The Hall–Kier alpha value is -4.98. The predicted molar refractivity (Wildman–Crippen MR) is 212 cm³/mol. The van der Waals surface area contributed by atoms with Crippen molar-refractivity contribution in [2.24, 2.45) is 5.92 Å². The molecule has 12 nitrogen and oxygen atoms in total. The fraction of sp³-hybridized carbons (Fsp3) is 0.390. The van der Waals surface area contributed by atoms with Gasteiger partial charge in [0.2, 0.25) is 5.95 Å². The zero-order valence-corrected chi connectivity index (χ0v) is 32.3. The number of nitrogens with zero attached hydrogens (tertiary/aromatic N) is 4. The molecule has 7 rings (SSSR count). The summed E-state index contributed by atoms with van der Waals surface area (Å²) >= 11 is 0. The summed E-state index contributed by atoms with van der Waals surface area (Å²) in [6.45, 7) is 7.21. The van der Waals surface area contributed by atoms with Gasteiger partial charge in [-0.3, -0.25) is 0 Å². The molecule has 0 spiro atoms. The van der Waals surface area contributed by atoms with E-state index < -0.39 is 16.1 Å². The summed E-state index contributed by atoms with van der Waals surface area (Å²) in [6.07, 6.45) is 5.84. The molecule has 0 bridgehead atoms. The second-order valence-electron chi connectivity index (χ2n) is 14.3. The minimum atomic E-state index is -3.02. The first-order chi connectivity index (χ1) is 26.1. The average Bonchev–Trinajstić information content (AvgIpc) is 3.69. The van der Waals surface area contributed by atoms with Gasteiger partial charge >= 0.3 is 0 Å². The molecule has 0 amide bonds. The number of sulfone groups is 1. The van der Waals surface area contributed by atoms with Crippen LogP contribution < -0.4 is 25.0 Å². The average molecular weight is 753 g/mol. The molecule has 0 atom stereocenters. The van der Waals surface area contributed by atoms with Crippen molar-refractivity contribution in [2.45, 2.75) is 45.5 Å². The molecule has 0 radical (unpaired) electrons. The minimum absolute atomic E-state index is 0.134. The third-order valence-electron chi connectivity index (χ3n) is 9.94. The molecule has 5 aromatic rings. The standard InChI is InChI=1S/C41H48N6O6S/c1-26(2)32-15-16-35(47-22-28(23-47)25-54(5,48)49)34-21-43-37(19-33(32)34)45-39-30(20-44-41(42-3)46-39)12-11-29-7-6-8-36(38(29)40-51-17-18-52-40)53-24-27-9-13-31(50-4)14-10-27/h6-10,13-16,19-21,26,28,40H,11-12,17-18,22-25H2,1-5H3,(H2,42,43,44,45,46). The predicted octanol–water partition coefficient (Wildman–Crippen LogP) is 6.83. The highest BCUT2D eigenvalue weighted by Crippen LogP contribution is 2.38. The Labute approximate surface area is 317 Å².